The zero-order chi connectivity index (χ0) is 13.5. The zero-order valence-electron chi connectivity index (χ0n) is 11.0. The van der Waals surface area contributed by atoms with Crippen molar-refractivity contribution in [2.75, 3.05) is 0 Å². The summed E-state index contributed by atoms with van der Waals surface area (Å²) in [6.45, 7) is 0.764. The van der Waals surface area contributed by atoms with Crippen LogP contribution >= 0.6 is 15.9 Å². The first kappa shape index (κ1) is 12.1. The molecule has 3 aromatic rings. The van der Waals surface area contributed by atoms with Crippen molar-refractivity contribution in [3.8, 4) is 0 Å². The van der Waals surface area contributed by atoms with Gasteiger partial charge in [-0.3, -0.25) is 9.67 Å². The highest BCUT2D eigenvalue weighted by atomic mass is 79.9. The third kappa shape index (κ3) is 2.24. The van der Waals surface area contributed by atoms with Crippen LogP contribution in [-0.2, 0) is 6.54 Å². The molecule has 0 unspecified atom stereocenters. The standard InChI is InChI=1S/C16H14BrN3/c17-14-8-12-2-1-6-18-16(12)13(9-14)10-20-7-5-15(19-20)11-3-4-11/h1-2,5-9,11H,3-4,10H2. The van der Waals surface area contributed by atoms with Gasteiger partial charge in [0.25, 0.3) is 0 Å². The highest BCUT2D eigenvalue weighted by Gasteiger charge is 2.25. The van der Waals surface area contributed by atoms with E-state index in [0.717, 1.165) is 21.9 Å². The van der Waals surface area contributed by atoms with Gasteiger partial charge in [0.1, 0.15) is 0 Å². The fraction of sp³-hybridized carbons (Fsp3) is 0.250. The van der Waals surface area contributed by atoms with E-state index in [9.17, 15) is 0 Å². The molecule has 0 atom stereocenters. The summed E-state index contributed by atoms with van der Waals surface area (Å²) in [5.74, 6) is 0.702. The van der Waals surface area contributed by atoms with Crippen LogP contribution in [0.2, 0.25) is 0 Å². The molecule has 20 heavy (non-hydrogen) atoms. The monoisotopic (exact) mass is 327 g/mol. The van der Waals surface area contributed by atoms with Gasteiger partial charge >= 0.3 is 0 Å². The Morgan fingerprint density at radius 2 is 2.15 bits per heavy atom. The smallest absolute Gasteiger partial charge is 0.0753 e. The first-order valence-corrected chi connectivity index (χ1v) is 7.65. The van der Waals surface area contributed by atoms with Crippen LogP contribution < -0.4 is 0 Å². The molecule has 4 heteroatoms. The molecule has 0 spiro atoms. The quantitative estimate of drug-likeness (QED) is 0.724. The molecule has 100 valence electrons. The largest absolute Gasteiger partial charge is 0.268 e. The van der Waals surface area contributed by atoms with Crippen LogP contribution in [0.3, 0.4) is 0 Å². The Balaban J connectivity index is 1.73. The van der Waals surface area contributed by atoms with Crippen molar-refractivity contribution >= 4 is 26.8 Å². The molecular formula is C16H14BrN3. The third-order valence-electron chi connectivity index (χ3n) is 3.74. The lowest BCUT2D eigenvalue weighted by atomic mass is 10.1. The zero-order valence-corrected chi connectivity index (χ0v) is 12.5. The van der Waals surface area contributed by atoms with E-state index in [1.165, 1.54) is 24.1 Å². The van der Waals surface area contributed by atoms with Gasteiger partial charge in [-0.2, -0.15) is 5.10 Å². The minimum Gasteiger partial charge on any atom is -0.268 e. The Bertz CT molecular complexity index is 774. The van der Waals surface area contributed by atoms with Gasteiger partial charge in [0.15, 0.2) is 0 Å². The number of halogens is 1. The lowest BCUT2D eigenvalue weighted by molar-refractivity contribution is 0.674. The van der Waals surface area contributed by atoms with Gasteiger partial charge < -0.3 is 0 Å². The van der Waals surface area contributed by atoms with Crippen molar-refractivity contribution in [3.63, 3.8) is 0 Å². The van der Waals surface area contributed by atoms with Gasteiger partial charge in [0.2, 0.25) is 0 Å². The SMILES string of the molecule is Brc1cc(Cn2ccc(C3CC3)n2)c2ncccc2c1. The molecule has 1 saturated carbocycles. The molecule has 3 nitrogen and oxygen atoms in total. The number of hydrogen-bond donors (Lipinski definition) is 0. The number of fused-ring (bicyclic) bond motifs is 1. The minimum absolute atomic E-state index is 0.702. The predicted molar refractivity (Wildman–Crippen MR) is 82.7 cm³/mol. The van der Waals surface area contributed by atoms with Crippen LogP contribution in [0.4, 0.5) is 0 Å². The second-order valence-electron chi connectivity index (χ2n) is 5.35. The summed E-state index contributed by atoms with van der Waals surface area (Å²) < 4.78 is 3.10. The second kappa shape index (κ2) is 4.70. The van der Waals surface area contributed by atoms with Gasteiger partial charge in [-0.05, 0) is 37.1 Å². The number of hydrogen-bond acceptors (Lipinski definition) is 2. The van der Waals surface area contributed by atoms with Crippen LogP contribution in [0.5, 0.6) is 0 Å². The average molecular weight is 328 g/mol. The van der Waals surface area contributed by atoms with Crippen LogP contribution in [0.15, 0.2) is 47.2 Å². The average Bonchev–Trinajstić information content (AvgIpc) is 3.19. The van der Waals surface area contributed by atoms with Crippen molar-refractivity contribution in [3.05, 3.63) is 58.5 Å². The third-order valence-corrected chi connectivity index (χ3v) is 4.20. The maximum absolute atomic E-state index is 4.68. The molecule has 0 aliphatic heterocycles. The molecule has 4 rings (SSSR count). The number of pyridine rings is 1. The second-order valence-corrected chi connectivity index (χ2v) is 6.27. The highest BCUT2D eigenvalue weighted by molar-refractivity contribution is 9.10. The summed E-state index contributed by atoms with van der Waals surface area (Å²) in [7, 11) is 0. The van der Waals surface area contributed by atoms with Crippen LogP contribution in [-0.4, -0.2) is 14.8 Å². The van der Waals surface area contributed by atoms with Gasteiger partial charge in [0, 0.05) is 33.7 Å². The molecule has 2 heterocycles. The molecule has 1 aliphatic carbocycles. The van der Waals surface area contributed by atoms with Crippen molar-refractivity contribution in [2.24, 2.45) is 0 Å². The minimum atomic E-state index is 0.702. The maximum Gasteiger partial charge on any atom is 0.0753 e. The lowest BCUT2D eigenvalue weighted by Crippen LogP contribution is -2.02. The molecular weight excluding hydrogens is 314 g/mol. The number of nitrogens with zero attached hydrogens (tertiary/aromatic N) is 3. The topological polar surface area (TPSA) is 30.7 Å². The molecule has 1 aromatic carbocycles. The van der Waals surface area contributed by atoms with Gasteiger partial charge in [-0.1, -0.05) is 22.0 Å². The van der Waals surface area contributed by atoms with E-state index >= 15 is 0 Å². The predicted octanol–water partition coefficient (Wildman–Crippen LogP) is 4.12. The summed E-state index contributed by atoms with van der Waals surface area (Å²) in [4.78, 5) is 4.51. The summed E-state index contributed by atoms with van der Waals surface area (Å²) in [6, 6.07) is 10.4. The summed E-state index contributed by atoms with van der Waals surface area (Å²) in [5, 5.41) is 5.84. The first-order chi connectivity index (χ1) is 9.79. The highest BCUT2D eigenvalue weighted by Crippen LogP contribution is 2.38. The van der Waals surface area contributed by atoms with E-state index < -0.39 is 0 Å². The Hall–Kier alpha value is -1.68. The van der Waals surface area contributed by atoms with Gasteiger partial charge in [-0.25, -0.2) is 0 Å². The van der Waals surface area contributed by atoms with Crippen molar-refractivity contribution < 1.29 is 0 Å². The molecule has 0 radical (unpaired) electrons. The Labute approximate surface area is 125 Å². The molecule has 0 bridgehead atoms. The molecule has 1 aliphatic rings. The number of aromatic nitrogens is 3. The van der Waals surface area contributed by atoms with Crippen molar-refractivity contribution in [1.82, 2.24) is 14.8 Å². The van der Waals surface area contributed by atoms with E-state index in [-0.39, 0.29) is 0 Å². The number of rotatable bonds is 3. The Morgan fingerprint density at radius 1 is 1.25 bits per heavy atom. The van der Waals surface area contributed by atoms with E-state index in [1.807, 2.05) is 16.9 Å². The normalized spacial score (nSPS) is 14.8. The Morgan fingerprint density at radius 3 is 3.00 bits per heavy atom. The summed E-state index contributed by atoms with van der Waals surface area (Å²) in [5.41, 5.74) is 3.48. The van der Waals surface area contributed by atoms with E-state index in [2.05, 4.69) is 56.5 Å². The van der Waals surface area contributed by atoms with Crippen molar-refractivity contribution in [1.29, 1.82) is 0 Å². The summed E-state index contributed by atoms with van der Waals surface area (Å²) in [6.07, 6.45) is 6.50. The van der Waals surface area contributed by atoms with Gasteiger partial charge in [-0.15, -0.1) is 0 Å². The maximum atomic E-state index is 4.68. The van der Waals surface area contributed by atoms with E-state index in [1.54, 1.807) is 0 Å². The summed E-state index contributed by atoms with van der Waals surface area (Å²) >= 11 is 3.58. The molecule has 0 saturated heterocycles. The van der Waals surface area contributed by atoms with E-state index in [4.69, 9.17) is 0 Å². The number of benzene rings is 1. The van der Waals surface area contributed by atoms with Crippen LogP contribution in [0, 0.1) is 0 Å². The van der Waals surface area contributed by atoms with Gasteiger partial charge in [0.05, 0.1) is 17.8 Å². The van der Waals surface area contributed by atoms with Crippen LogP contribution in [0.25, 0.3) is 10.9 Å². The Kier molecular flexibility index (Phi) is 2.84. The molecule has 0 N–H and O–H groups in total. The molecule has 1 fully saturated rings. The fourth-order valence-electron chi connectivity index (χ4n) is 2.58. The van der Waals surface area contributed by atoms with Crippen LogP contribution in [0.1, 0.15) is 30.0 Å². The molecule has 0 amide bonds. The van der Waals surface area contributed by atoms with Crippen molar-refractivity contribution in [2.45, 2.75) is 25.3 Å². The molecule has 2 aromatic heterocycles. The first-order valence-electron chi connectivity index (χ1n) is 6.86. The fourth-order valence-corrected chi connectivity index (χ4v) is 3.11. The van der Waals surface area contributed by atoms with E-state index in [0.29, 0.717) is 5.92 Å². The lowest BCUT2D eigenvalue weighted by Gasteiger charge is -2.07.